The number of benzene rings is 2. The summed E-state index contributed by atoms with van der Waals surface area (Å²) in [6, 6.07) is 14.7. The molecule has 2 amide bonds. The van der Waals surface area contributed by atoms with Gasteiger partial charge >= 0.3 is 0 Å². The van der Waals surface area contributed by atoms with Crippen molar-refractivity contribution in [3.8, 4) is 0 Å². The van der Waals surface area contributed by atoms with E-state index in [1.807, 2.05) is 44.2 Å². The van der Waals surface area contributed by atoms with Crippen molar-refractivity contribution < 1.29 is 18.0 Å². The molecule has 0 unspecified atom stereocenters. The molecule has 0 saturated carbocycles. The van der Waals surface area contributed by atoms with Crippen LogP contribution in [0.3, 0.4) is 0 Å². The molecule has 1 N–H and O–H groups in total. The van der Waals surface area contributed by atoms with Crippen LogP contribution in [0.4, 0.5) is 5.69 Å². The molecular weight excluding hydrogens is 450 g/mol. The molecular formula is C23H30ClN3O4S. The number of rotatable bonds is 10. The molecule has 0 aliphatic rings. The number of amides is 2. The van der Waals surface area contributed by atoms with Crippen molar-refractivity contribution in [2.45, 2.75) is 45.8 Å². The largest absolute Gasteiger partial charge is 0.352 e. The zero-order valence-corrected chi connectivity index (χ0v) is 20.4. The van der Waals surface area contributed by atoms with Crippen LogP contribution in [0.25, 0.3) is 0 Å². The predicted octanol–water partition coefficient (Wildman–Crippen LogP) is 3.44. The molecule has 174 valence electrons. The van der Waals surface area contributed by atoms with Gasteiger partial charge in [-0.3, -0.25) is 13.9 Å². The minimum absolute atomic E-state index is 0.0439. The third-order valence-corrected chi connectivity index (χ3v) is 6.52. The number of carbonyl (C=O) groups excluding carboxylic acids is 2. The summed E-state index contributed by atoms with van der Waals surface area (Å²) in [5, 5.41) is 3.24. The fourth-order valence-electron chi connectivity index (χ4n) is 3.07. The van der Waals surface area contributed by atoms with Crippen LogP contribution in [0.15, 0.2) is 54.6 Å². The third-order valence-electron chi connectivity index (χ3n) is 5.14. The minimum atomic E-state index is -3.78. The van der Waals surface area contributed by atoms with Crippen LogP contribution in [0, 0.1) is 0 Å². The molecule has 2 aromatic carbocycles. The van der Waals surface area contributed by atoms with Gasteiger partial charge in [0.1, 0.15) is 12.6 Å². The van der Waals surface area contributed by atoms with E-state index in [4.69, 9.17) is 11.6 Å². The molecule has 0 aromatic heterocycles. The molecule has 2 atom stereocenters. The average Bonchev–Trinajstić information content (AvgIpc) is 2.74. The first-order valence-corrected chi connectivity index (χ1v) is 12.6. The molecule has 0 radical (unpaired) electrons. The lowest BCUT2D eigenvalue weighted by atomic mass is 10.1. The lowest BCUT2D eigenvalue weighted by Gasteiger charge is -2.32. The van der Waals surface area contributed by atoms with E-state index in [-0.39, 0.29) is 24.2 Å². The number of halogens is 1. The Bertz CT molecular complexity index is 1030. The van der Waals surface area contributed by atoms with E-state index < -0.39 is 28.5 Å². The maximum Gasteiger partial charge on any atom is 0.244 e. The molecule has 0 fully saturated rings. The number of hydrogen-bond donors (Lipinski definition) is 1. The highest BCUT2D eigenvalue weighted by Crippen LogP contribution is 2.22. The highest BCUT2D eigenvalue weighted by atomic mass is 35.5. The average molecular weight is 480 g/mol. The molecule has 7 nitrogen and oxygen atoms in total. The van der Waals surface area contributed by atoms with Crippen LogP contribution in [-0.2, 0) is 26.2 Å². The monoisotopic (exact) mass is 479 g/mol. The van der Waals surface area contributed by atoms with E-state index in [2.05, 4.69) is 5.32 Å². The maximum absolute atomic E-state index is 13.4. The molecule has 32 heavy (non-hydrogen) atoms. The number of anilines is 1. The molecule has 2 aromatic rings. The second-order valence-corrected chi connectivity index (χ2v) is 10.1. The molecule has 0 bridgehead atoms. The first-order chi connectivity index (χ1) is 15.0. The summed E-state index contributed by atoms with van der Waals surface area (Å²) in [5.74, 6) is -0.789. The van der Waals surface area contributed by atoms with Crippen molar-refractivity contribution in [3.63, 3.8) is 0 Å². The Morgan fingerprint density at radius 2 is 1.72 bits per heavy atom. The zero-order valence-electron chi connectivity index (χ0n) is 18.8. The van der Waals surface area contributed by atoms with Crippen molar-refractivity contribution in [3.05, 3.63) is 65.2 Å². The van der Waals surface area contributed by atoms with Crippen molar-refractivity contribution in [1.82, 2.24) is 10.2 Å². The Balaban J connectivity index is 2.35. The smallest absolute Gasteiger partial charge is 0.244 e. The Morgan fingerprint density at radius 1 is 1.06 bits per heavy atom. The predicted molar refractivity (Wildman–Crippen MR) is 128 cm³/mol. The van der Waals surface area contributed by atoms with E-state index in [0.717, 1.165) is 22.5 Å². The summed E-state index contributed by atoms with van der Waals surface area (Å²) in [6.45, 7) is 5.20. The summed E-state index contributed by atoms with van der Waals surface area (Å²) in [6.07, 6.45) is 1.78. The molecule has 0 saturated heterocycles. The van der Waals surface area contributed by atoms with Crippen LogP contribution in [0.5, 0.6) is 0 Å². The summed E-state index contributed by atoms with van der Waals surface area (Å²) < 4.78 is 26.0. The first kappa shape index (κ1) is 25.7. The maximum atomic E-state index is 13.4. The number of nitrogens with zero attached hydrogens (tertiary/aromatic N) is 2. The first-order valence-electron chi connectivity index (χ1n) is 10.4. The Morgan fingerprint density at radius 3 is 2.28 bits per heavy atom. The summed E-state index contributed by atoms with van der Waals surface area (Å²) in [5.41, 5.74) is 1.11. The number of carbonyl (C=O) groups is 2. The van der Waals surface area contributed by atoms with Crippen LogP contribution in [0.2, 0.25) is 5.02 Å². The molecule has 9 heteroatoms. The van der Waals surface area contributed by atoms with Crippen molar-refractivity contribution >= 4 is 39.1 Å². The van der Waals surface area contributed by atoms with Crippen molar-refractivity contribution in [1.29, 1.82) is 0 Å². The van der Waals surface area contributed by atoms with Gasteiger partial charge < -0.3 is 10.2 Å². The summed E-state index contributed by atoms with van der Waals surface area (Å²) >= 11 is 6.03. The van der Waals surface area contributed by atoms with E-state index in [1.165, 1.54) is 11.0 Å². The number of hydrogen-bond acceptors (Lipinski definition) is 4. The van der Waals surface area contributed by atoms with Gasteiger partial charge in [-0.05, 0) is 44.0 Å². The highest BCUT2D eigenvalue weighted by molar-refractivity contribution is 7.92. The highest BCUT2D eigenvalue weighted by Gasteiger charge is 2.30. The Kier molecular flexibility index (Phi) is 9.09. The van der Waals surface area contributed by atoms with Gasteiger partial charge in [-0.15, -0.1) is 0 Å². The van der Waals surface area contributed by atoms with Gasteiger partial charge in [0.05, 0.1) is 11.9 Å². The van der Waals surface area contributed by atoms with Crippen molar-refractivity contribution in [2.75, 3.05) is 17.1 Å². The number of nitrogens with one attached hydrogen (secondary N) is 1. The van der Waals surface area contributed by atoms with E-state index in [0.29, 0.717) is 5.02 Å². The van der Waals surface area contributed by atoms with Gasteiger partial charge in [0.2, 0.25) is 21.8 Å². The minimum Gasteiger partial charge on any atom is -0.352 e. The quantitative estimate of drug-likeness (QED) is 0.565. The fraction of sp³-hybridized carbons (Fsp3) is 0.391. The van der Waals surface area contributed by atoms with Gasteiger partial charge in [-0.2, -0.15) is 0 Å². The lowest BCUT2D eigenvalue weighted by Crippen LogP contribution is -2.52. The molecule has 2 rings (SSSR count). The van der Waals surface area contributed by atoms with Crippen LogP contribution < -0.4 is 9.62 Å². The van der Waals surface area contributed by atoms with E-state index in [1.54, 1.807) is 25.1 Å². The molecule has 0 heterocycles. The third kappa shape index (κ3) is 7.24. The van der Waals surface area contributed by atoms with Crippen molar-refractivity contribution in [2.24, 2.45) is 0 Å². The lowest BCUT2D eigenvalue weighted by molar-refractivity contribution is -0.139. The van der Waals surface area contributed by atoms with Gasteiger partial charge in [-0.25, -0.2) is 8.42 Å². The van der Waals surface area contributed by atoms with Gasteiger partial charge in [0.15, 0.2) is 0 Å². The SMILES string of the molecule is CC[C@@H](C)NC(=O)[C@@H](C)N(Cc1ccccc1)C(=O)CN(c1cccc(Cl)c1)S(C)(=O)=O. The van der Waals surface area contributed by atoms with Crippen LogP contribution in [0.1, 0.15) is 32.8 Å². The number of sulfonamides is 1. The van der Waals surface area contributed by atoms with Crippen LogP contribution in [-0.4, -0.2) is 50.0 Å². The van der Waals surface area contributed by atoms with Gasteiger partial charge in [0, 0.05) is 17.6 Å². The standard InChI is InChI=1S/C23H30ClN3O4S/c1-5-17(2)25-23(29)18(3)26(15-19-10-7-6-8-11-19)22(28)16-27(32(4,30)31)21-13-9-12-20(24)14-21/h6-14,17-18H,5,15-16H2,1-4H3,(H,25,29)/t17-,18-/m1/s1. The summed E-state index contributed by atoms with van der Waals surface area (Å²) in [7, 11) is -3.78. The second kappa shape index (κ2) is 11.3. The fourth-order valence-corrected chi connectivity index (χ4v) is 4.10. The zero-order chi connectivity index (χ0) is 23.9. The molecule has 0 aliphatic heterocycles. The second-order valence-electron chi connectivity index (χ2n) is 7.75. The van der Waals surface area contributed by atoms with Gasteiger partial charge in [0.25, 0.3) is 0 Å². The van der Waals surface area contributed by atoms with E-state index in [9.17, 15) is 18.0 Å². The van der Waals surface area contributed by atoms with Crippen LogP contribution >= 0.6 is 11.6 Å². The normalized spacial score (nSPS) is 13.2. The summed E-state index contributed by atoms with van der Waals surface area (Å²) in [4.78, 5) is 27.6. The Hall–Kier alpha value is -2.58. The molecule has 0 aliphatic carbocycles. The van der Waals surface area contributed by atoms with Gasteiger partial charge in [-0.1, -0.05) is 54.9 Å². The molecule has 0 spiro atoms. The topological polar surface area (TPSA) is 86.8 Å². The van der Waals surface area contributed by atoms with E-state index >= 15 is 0 Å². The Labute approximate surface area is 195 Å².